The Kier molecular flexibility index (Phi) is 3.91. The van der Waals surface area contributed by atoms with Crippen LogP contribution in [0.25, 0.3) is 0 Å². The van der Waals surface area contributed by atoms with Crippen LogP contribution < -0.4 is 9.64 Å². The lowest BCUT2D eigenvalue weighted by atomic mass is 10.3. The molecule has 0 bridgehead atoms. The van der Waals surface area contributed by atoms with Gasteiger partial charge in [0.2, 0.25) is 11.8 Å². The first-order valence-corrected chi connectivity index (χ1v) is 6.84. The van der Waals surface area contributed by atoms with Gasteiger partial charge in [-0.3, -0.25) is 9.59 Å². The van der Waals surface area contributed by atoms with Crippen LogP contribution >= 0.6 is 11.8 Å². The summed E-state index contributed by atoms with van der Waals surface area (Å²) >= 11 is 1.52. The van der Waals surface area contributed by atoms with Gasteiger partial charge in [-0.2, -0.15) is 0 Å². The van der Waals surface area contributed by atoms with E-state index in [0.717, 1.165) is 5.75 Å². The van der Waals surface area contributed by atoms with Crippen molar-refractivity contribution in [2.24, 2.45) is 0 Å². The van der Waals surface area contributed by atoms with Crippen molar-refractivity contribution in [3.63, 3.8) is 0 Å². The van der Waals surface area contributed by atoms with Gasteiger partial charge in [-0.05, 0) is 17.9 Å². The molecule has 5 heteroatoms. The quantitative estimate of drug-likeness (QED) is 0.782. The minimum absolute atomic E-state index is 0.125. The highest BCUT2D eigenvalue weighted by Gasteiger charge is 2.39. The smallest absolute Gasteiger partial charge is 0.247 e. The van der Waals surface area contributed by atoms with Gasteiger partial charge in [-0.15, -0.1) is 11.8 Å². The molecule has 2 rings (SSSR count). The third-order valence-electron chi connectivity index (χ3n) is 2.78. The number of imide groups is 1. The molecule has 1 atom stereocenters. The van der Waals surface area contributed by atoms with Crippen LogP contribution in [0.3, 0.4) is 0 Å². The Balaban J connectivity index is 2.27. The summed E-state index contributed by atoms with van der Waals surface area (Å²) in [5.41, 5.74) is 0.587. The molecule has 1 aromatic carbocycles. The number of ether oxygens (including phenoxy) is 1. The van der Waals surface area contributed by atoms with Gasteiger partial charge < -0.3 is 4.74 Å². The topological polar surface area (TPSA) is 46.6 Å². The van der Waals surface area contributed by atoms with E-state index in [0.29, 0.717) is 11.4 Å². The molecule has 18 heavy (non-hydrogen) atoms. The molecule has 0 N–H and O–H groups in total. The zero-order chi connectivity index (χ0) is 13.1. The Hall–Kier alpha value is -1.49. The van der Waals surface area contributed by atoms with Gasteiger partial charge in [-0.1, -0.05) is 13.0 Å². The molecule has 1 aliphatic heterocycles. The number of hydrogen-bond donors (Lipinski definition) is 0. The van der Waals surface area contributed by atoms with Crippen LogP contribution in [0.4, 0.5) is 5.69 Å². The van der Waals surface area contributed by atoms with E-state index in [4.69, 9.17) is 4.74 Å². The van der Waals surface area contributed by atoms with Gasteiger partial charge >= 0.3 is 0 Å². The third-order valence-corrected chi connectivity index (χ3v) is 3.89. The molecular formula is C13H15NO3S. The molecule has 1 fully saturated rings. The number of methoxy groups -OCH3 is 1. The standard InChI is InChI=1S/C13H15NO3S/c1-3-18-11-8-12(15)14(13(11)16)9-5-4-6-10(7-9)17-2/h4-7,11H,3,8H2,1-2H3/t11-/m1/s1. The second kappa shape index (κ2) is 5.44. The van der Waals surface area contributed by atoms with E-state index < -0.39 is 0 Å². The molecule has 1 aliphatic rings. The van der Waals surface area contributed by atoms with Crippen LogP contribution in [-0.4, -0.2) is 29.9 Å². The second-order valence-corrected chi connectivity index (χ2v) is 5.40. The van der Waals surface area contributed by atoms with Crippen molar-refractivity contribution >= 4 is 29.3 Å². The highest BCUT2D eigenvalue weighted by atomic mass is 32.2. The normalized spacial score (nSPS) is 19.4. The van der Waals surface area contributed by atoms with Crippen LogP contribution in [0.1, 0.15) is 13.3 Å². The first-order valence-electron chi connectivity index (χ1n) is 5.79. The SMILES string of the molecule is CCS[C@@H]1CC(=O)N(c2cccc(OC)c2)C1=O. The summed E-state index contributed by atoms with van der Waals surface area (Å²) in [6.07, 6.45) is 0.286. The molecule has 1 heterocycles. The second-order valence-electron chi connectivity index (χ2n) is 3.92. The average Bonchev–Trinajstić information content (AvgIpc) is 2.65. The highest BCUT2D eigenvalue weighted by molar-refractivity contribution is 8.00. The Labute approximate surface area is 110 Å². The summed E-state index contributed by atoms with van der Waals surface area (Å²) in [4.78, 5) is 25.3. The molecule has 0 radical (unpaired) electrons. The van der Waals surface area contributed by atoms with Gasteiger partial charge in [0.1, 0.15) is 5.75 Å². The van der Waals surface area contributed by atoms with E-state index in [2.05, 4.69) is 0 Å². The van der Waals surface area contributed by atoms with Crippen molar-refractivity contribution in [3.8, 4) is 5.75 Å². The zero-order valence-corrected chi connectivity index (χ0v) is 11.2. The molecule has 0 saturated carbocycles. The molecule has 0 unspecified atom stereocenters. The fraction of sp³-hybridized carbons (Fsp3) is 0.385. The van der Waals surface area contributed by atoms with E-state index in [1.54, 1.807) is 31.4 Å². The Morgan fingerprint density at radius 1 is 1.44 bits per heavy atom. The van der Waals surface area contributed by atoms with Crippen LogP contribution in [0.2, 0.25) is 0 Å². The molecule has 1 saturated heterocycles. The van der Waals surface area contributed by atoms with E-state index >= 15 is 0 Å². The number of nitrogens with zero attached hydrogens (tertiary/aromatic N) is 1. The lowest BCUT2D eigenvalue weighted by molar-refractivity contribution is -0.121. The Morgan fingerprint density at radius 3 is 2.89 bits per heavy atom. The van der Waals surface area contributed by atoms with E-state index in [1.165, 1.54) is 16.7 Å². The van der Waals surface area contributed by atoms with Crippen molar-refractivity contribution < 1.29 is 14.3 Å². The van der Waals surface area contributed by atoms with Crippen molar-refractivity contribution in [2.75, 3.05) is 17.8 Å². The number of hydrogen-bond acceptors (Lipinski definition) is 4. The van der Waals surface area contributed by atoms with Crippen LogP contribution in [0.15, 0.2) is 24.3 Å². The molecule has 2 amide bonds. The zero-order valence-electron chi connectivity index (χ0n) is 10.4. The maximum atomic E-state index is 12.1. The number of thioether (sulfide) groups is 1. The minimum Gasteiger partial charge on any atom is -0.497 e. The molecule has 0 aliphatic carbocycles. The number of rotatable bonds is 4. The first-order chi connectivity index (χ1) is 8.67. The van der Waals surface area contributed by atoms with Crippen LogP contribution in [0.5, 0.6) is 5.75 Å². The highest BCUT2D eigenvalue weighted by Crippen LogP contribution is 2.30. The summed E-state index contributed by atoms with van der Waals surface area (Å²) in [7, 11) is 1.56. The predicted octanol–water partition coefficient (Wildman–Crippen LogP) is 2.08. The fourth-order valence-corrected chi connectivity index (χ4v) is 2.87. The van der Waals surface area contributed by atoms with Gasteiger partial charge in [-0.25, -0.2) is 4.90 Å². The summed E-state index contributed by atoms with van der Waals surface area (Å²) in [6, 6.07) is 7.01. The molecular weight excluding hydrogens is 250 g/mol. The van der Waals surface area contributed by atoms with Crippen LogP contribution in [0, 0.1) is 0 Å². The first kappa shape index (κ1) is 13.0. The lowest BCUT2D eigenvalue weighted by Gasteiger charge is -2.15. The number of benzene rings is 1. The van der Waals surface area contributed by atoms with Crippen molar-refractivity contribution in [3.05, 3.63) is 24.3 Å². The maximum absolute atomic E-state index is 12.1. The predicted molar refractivity (Wildman–Crippen MR) is 72.0 cm³/mol. The summed E-state index contributed by atoms with van der Waals surface area (Å²) in [6.45, 7) is 1.98. The average molecular weight is 265 g/mol. The number of anilines is 1. The Bertz CT molecular complexity index is 475. The minimum atomic E-state index is -0.242. The van der Waals surface area contributed by atoms with E-state index in [1.807, 2.05) is 6.92 Å². The van der Waals surface area contributed by atoms with Crippen molar-refractivity contribution in [2.45, 2.75) is 18.6 Å². The molecule has 0 aromatic heterocycles. The van der Waals surface area contributed by atoms with Crippen LogP contribution in [-0.2, 0) is 9.59 Å². The lowest BCUT2D eigenvalue weighted by Crippen LogP contribution is -2.31. The molecule has 0 spiro atoms. The van der Waals surface area contributed by atoms with Crippen molar-refractivity contribution in [1.29, 1.82) is 0 Å². The Morgan fingerprint density at radius 2 is 2.22 bits per heavy atom. The van der Waals surface area contributed by atoms with E-state index in [9.17, 15) is 9.59 Å². The summed E-state index contributed by atoms with van der Waals surface area (Å²) < 4.78 is 5.10. The van der Waals surface area contributed by atoms with Gasteiger partial charge in [0.05, 0.1) is 18.0 Å². The number of amides is 2. The number of carbonyl (C=O) groups is 2. The third kappa shape index (κ3) is 2.36. The largest absolute Gasteiger partial charge is 0.497 e. The van der Waals surface area contributed by atoms with Gasteiger partial charge in [0.25, 0.3) is 0 Å². The molecule has 4 nitrogen and oxygen atoms in total. The summed E-state index contributed by atoms with van der Waals surface area (Å²) in [5, 5.41) is -0.242. The van der Waals surface area contributed by atoms with Gasteiger partial charge in [0.15, 0.2) is 0 Å². The molecule has 96 valence electrons. The fourth-order valence-electron chi connectivity index (χ4n) is 1.96. The monoisotopic (exact) mass is 265 g/mol. The molecule has 1 aromatic rings. The maximum Gasteiger partial charge on any atom is 0.247 e. The number of carbonyl (C=O) groups excluding carboxylic acids is 2. The summed E-state index contributed by atoms with van der Waals surface area (Å²) in [5.74, 6) is 1.20. The van der Waals surface area contributed by atoms with Crippen molar-refractivity contribution in [1.82, 2.24) is 0 Å². The van der Waals surface area contributed by atoms with Gasteiger partial charge in [0, 0.05) is 12.5 Å². The van der Waals surface area contributed by atoms with E-state index in [-0.39, 0.29) is 23.5 Å².